The van der Waals surface area contributed by atoms with Gasteiger partial charge in [-0.2, -0.15) is 30.6 Å². The summed E-state index contributed by atoms with van der Waals surface area (Å²) in [5.41, 5.74) is 27.9. The number of nitrogens with one attached hydrogen (secondary N) is 1. The van der Waals surface area contributed by atoms with Crippen molar-refractivity contribution < 1.29 is 43.2 Å². The van der Waals surface area contributed by atoms with Crippen LogP contribution in [0.15, 0.2) is 347 Å². The first kappa shape index (κ1) is 83.0. The van der Waals surface area contributed by atoms with Crippen molar-refractivity contribution in [3.63, 3.8) is 0 Å². The molecule has 3 aromatic heterocycles. The second kappa shape index (κ2) is 38.4. The van der Waals surface area contributed by atoms with Gasteiger partial charge in [0.2, 0.25) is 0 Å². The molecule has 0 aliphatic carbocycles. The molecule has 123 heavy (non-hydrogen) atoms. The fourth-order valence-corrected chi connectivity index (χ4v) is 14.9. The van der Waals surface area contributed by atoms with Crippen LogP contribution in [0.4, 0.5) is 11.4 Å². The number of halogens is 1. The van der Waals surface area contributed by atoms with E-state index in [2.05, 4.69) is 167 Å². The summed E-state index contributed by atoms with van der Waals surface area (Å²) >= 11 is 3.26. The highest BCUT2D eigenvalue weighted by molar-refractivity contribution is 9.10. The quantitative estimate of drug-likeness (QED) is 0.0677. The predicted octanol–water partition coefficient (Wildman–Crippen LogP) is 21.4. The zero-order chi connectivity index (χ0) is 85.5. The van der Waals surface area contributed by atoms with Gasteiger partial charge in [-0.15, -0.1) is 0 Å². The summed E-state index contributed by atoms with van der Waals surface area (Å²) in [6.07, 6.45) is 2.09. The molecule has 3 aliphatic heterocycles. The maximum absolute atomic E-state index is 12.1. The standard InChI is InChI=1S/C34H30N4O3.C33H28N4O3.C26H24N4O.C8H7BrO2/c1-23-9-11-24(12-10-23)30-21-32(37(35-30)27-7-5-4-6-8-27)33-22-31(25-15-19-29(40-2)20-16-25)36-38(33)28-17-13-26(14-18-28)34(39)41-3;1-22-8-10-23(11-9-22)29-20-31(36(34-29)26-6-4-3-5-7-26)32-21-30(24-14-18-28(40-2)19-15-24)35-37(32)27-16-12-25(13-17-27)33(38)39;1-18-8-10-20(11-9-18)24-17-26(30(29-24)21-6-4-3-5-7-21)25-16-23(27-28-25)19-12-14-22(31-2)15-13-19;1-11-8(10)6-2-4-7(9)5-3-6/h4-21,33H,22H2,1-3H3;3-20,32H,21H2,1-2H3,(H,38,39);3-15,17,25,28H,16H2,1-2H3;2-5H,1H3. The number of methoxy groups -OCH3 is 5. The smallest absolute Gasteiger partial charge is 0.337 e. The van der Waals surface area contributed by atoms with Crippen molar-refractivity contribution in [3.05, 3.63) is 399 Å². The largest absolute Gasteiger partial charge is 0.497 e. The summed E-state index contributed by atoms with van der Waals surface area (Å²) < 4.78 is 32.4. The van der Waals surface area contributed by atoms with E-state index < -0.39 is 5.97 Å². The molecule has 0 spiro atoms. The number of hydrazone groups is 3. The average Bonchev–Trinajstić information content (AvgIpc) is 1.61. The molecule has 0 saturated heterocycles. The summed E-state index contributed by atoms with van der Waals surface area (Å²) in [5.74, 6) is 0.780. The van der Waals surface area contributed by atoms with Crippen molar-refractivity contribution in [3.8, 4) is 68.1 Å². The number of para-hydroxylation sites is 3. The molecule has 21 nitrogen and oxygen atoms in total. The fourth-order valence-electron chi connectivity index (χ4n) is 14.6. The summed E-state index contributed by atoms with van der Waals surface area (Å²) in [6.45, 7) is 6.25. The molecular formula is C101H89BrN12O9. The molecule has 0 saturated carbocycles. The lowest BCUT2D eigenvalue weighted by Gasteiger charge is -2.24. The number of rotatable bonds is 20. The molecule has 3 aliphatic rings. The Morgan fingerprint density at radius 2 is 0.659 bits per heavy atom. The lowest BCUT2D eigenvalue weighted by atomic mass is 10.0. The third kappa shape index (κ3) is 19.5. The lowest BCUT2D eigenvalue weighted by Crippen LogP contribution is -2.21. The van der Waals surface area contributed by atoms with Crippen LogP contribution in [0, 0.1) is 20.8 Å². The Kier molecular flexibility index (Phi) is 25.9. The molecule has 0 radical (unpaired) electrons. The van der Waals surface area contributed by atoms with Crippen molar-refractivity contribution in [2.24, 2.45) is 15.3 Å². The molecule has 0 fully saturated rings. The van der Waals surface area contributed by atoms with Gasteiger partial charge in [-0.05, 0) is 238 Å². The van der Waals surface area contributed by atoms with Gasteiger partial charge in [-0.3, -0.25) is 10.0 Å². The number of benzene rings is 12. The second-order valence-corrected chi connectivity index (χ2v) is 30.4. The van der Waals surface area contributed by atoms with Crippen LogP contribution < -0.4 is 29.7 Å². The average molecular weight is 1690 g/mol. The Bertz CT molecular complexity index is 6250. The number of aryl methyl sites for hydroxylation is 3. The van der Waals surface area contributed by atoms with Crippen molar-refractivity contribution in [1.29, 1.82) is 0 Å². The molecule has 3 unspecified atom stereocenters. The van der Waals surface area contributed by atoms with Crippen molar-refractivity contribution in [2.75, 3.05) is 45.6 Å². The van der Waals surface area contributed by atoms with Gasteiger partial charge in [0.25, 0.3) is 0 Å². The SMILES string of the molecule is COC(=O)c1ccc(Br)cc1.COC(=O)c1ccc(N2N=C(c3ccc(OC)cc3)CC2c2cc(-c3ccc(C)cc3)nn2-c2ccccc2)cc1.COc1ccc(C2=NN(c3ccc(C(=O)O)cc3)C(c3cc(-c4ccc(C)cc4)nn3-c3ccccc3)C2)cc1.COc1ccc(C2=NNC(c3cc(-c4ccc(C)cc4)nn3-c3ccccc3)C2)cc1. The normalized spacial score (nSPS) is 14.3. The highest BCUT2D eigenvalue weighted by atomic mass is 79.9. The molecule has 12 aromatic carbocycles. The van der Waals surface area contributed by atoms with Crippen molar-refractivity contribution >= 4 is 62.3 Å². The maximum Gasteiger partial charge on any atom is 0.337 e. The van der Waals surface area contributed by atoms with E-state index in [1.807, 2.05) is 176 Å². The molecule has 18 rings (SSSR count). The number of nitrogens with zero attached hydrogens (tertiary/aromatic N) is 11. The number of hydrogen-bond donors (Lipinski definition) is 2. The molecule has 0 amide bonds. The van der Waals surface area contributed by atoms with Crippen LogP contribution in [0.1, 0.15) is 119 Å². The van der Waals surface area contributed by atoms with Gasteiger partial charge >= 0.3 is 17.9 Å². The Labute approximate surface area is 722 Å². The summed E-state index contributed by atoms with van der Waals surface area (Å²) in [4.78, 5) is 34.5. The van der Waals surface area contributed by atoms with Gasteiger partial charge in [0.05, 0.1) is 138 Å². The Balaban J connectivity index is 0.000000135. The number of ether oxygens (including phenoxy) is 5. The van der Waals surface area contributed by atoms with Crippen LogP contribution in [0.5, 0.6) is 17.2 Å². The van der Waals surface area contributed by atoms with Gasteiger partial charge in [-0.25, -0.2) is 28.4 Å². The summed E-state index contributed by atoms with van der Waals surface area (Å²) in [6, 6.07) is 107. The van der Waals surface area contributed by atoms with E-state index in [-0.39, 0.29) is 35.6 Å². The van der Waals surface area contributed by atoms with Crippen LogP contribution in [-0.4, -0.2) is 105 Å². The lowest BCUT2D eigenvalue weighted by molar-refractivity contribution is 0.0592. The Hall–Kier alpha value is -15.0. The van der Waals surface area contributed by atoms with Gasteiger partial charge in [0.15, 0.2) is 0 Å². The number of anilines is 2. The fraction of sp³-hybridized carbons (Fsp3) is 0.139. The van der Waals surface area contributed by atoms with Gasteiger partial charge in [0, 0.05) is 40.4 Å². The predicted molar refractivity (Wildman–Crippen MR) is 487 cm³/mol. The number of esters is 2. The molecule has 15 aromatic rings. The second-order valence-electron chi connectivity index (χ2n) is 29.4. The third-order valence-corrected chi connectivity index (χ3v) is 21.9. The zero-order valence-electron chi connectivity index (χ0n) is 69.0. The van der Waals surface area contributed by atoms with Gasteiger partial charge < -0.3 is 34.2 Å². The number of carboxylic acids is 1. The molecule has 6 heterocycles. The molecule has 22 heteroatoms. The Morgan fingerprint density at radius 1 is 0.350 bits per heavy atom. The number of carbonyl (C=O) groups is 3. The van der Waals surface area contributed by atoms with Gasteiger partial charge in [-0.1, -0.05) is 160 Å². The van der Waals surface area contributed by atoms with Crippen LogP contribution in [0.25, 0.3) is 50.8 Å². The third-order valence-electron chi connectivity index (χ3n) is 21.3. The van der Waals surface area contributed by atoms with E-state index in [0.717, 1.165) is 141 Å². The highest BCUT2D eigenvalue weighted by Crippen LogP contribution is 2.43. The number of aromatic carboxylic acids is 1. The van der Waals surface area contributed by atoms with E-state index >= 15 is 0 Å². The van der Waals surface area contributed by atoms with E-state index in [4.69, 9.17) is 44.4 Å². The van der Waals surface area contributed by atoms with Crippen LogP contribution in [-0.2, 0) is 9.47 Å². The topological polar surface area (TPSA) is 227 Å². The van der Waals surface area contributed by atoms with Crippen LogP contribution >= 0.6 is 15.9 Å². The molecule has 2 N–H and O–H groups in total. The Morgan fingerprint density at radius 3 is 0.992 bits per heavy atom. The molecular weight excluding hydrogens is 1610 g/mol. The minimum Gasteiger partial charge on any atom is -0.497 e. The first-order valence-electron chi connectivity index (χ1n) is 40.0. The molecule has 614 valence electrons. The minimum atomic E-state index is -0.961. The maximum atomic E-state index is 12.1. The number of carbonyl (C=O) groups excluding carboxylic acids is 2. The summed E-state index contributed by atoms with van der Waals surface area (Å²) in [5, 5.41) is 43.3. The first-order chi connectivity index (χ1) is 60.0. The van der Waals surface area contributed by atoms with E-state index in [1.54, 1.807) is 82.0 Å². The van der Waals surface area contributed by atoms with E-state index in [0.29, 0.717) is 24.0 Å². The highest BCUT2D eigenvalue weighted by Gasteiger charge is 2.36. The molecule has 0 bridgehead atoms. The van der Waals surface area contributed by atoms with E-state index in [1.165, 1.54) is 30.9 Å². The van der Waals surface area contributed by atoms with E-state index in [9.17, 15) is 19.5 Å². The molecule has 3 atom stereocenters. The van der Waals surface area contributed by atoms with Crippen molar-refractivity contribution in [2.45, 2.75) is 58.2 Å². The summed E-state index contributed by atoms with van der Waals surface area (Å²) in [7, 11) is 7.74. The number of hydrogen-bond acceptors (Lipinski definition) is 17. The van der Waals surface area contributed by atoms with Crippen LogP contribution in [0.2, 0.25) is 0 Å². The van der Waals surface area contributed by atoms with Gasteiger partial charge in [0.1, 0.15) is 29.3 Å². The van der Waals surface area contributed by atoms with Crippen molar-refractivity contribution in [1.82, 2.24) is 34.8 Å². The first-order valence-corrected chi connectivity index (χ1v) is 40.8. The monoisotopic (exact) mass is 1690 g/mol. The number of aromatic nitrogens is 6. The minimum absolute atomic E-state index is 0.0454. The zero-order valence-corrected chi connectivity index (χ0v) is 70.6. The van der Waals surface area contributed by atoms with Crippen LogP contribution in [0.3, 0.4) is 0 Å². The number of carboxylic acid groups (broad SMARTS) is 1.